The average molecular weight is 229 g/mol. The monoisotopic (exact) mass is 229 g/mol. The lowest BCUT2D eigenvalue weighted by Crippen LogP contribution is -2.16. The predicted octanol–water partition coefficient (Wildman–Crippen LogP) is 3.38. The quantitative estimate of drug-likeness (QED) is 0.778. The van der Waals surface area contributed by atoms with Gasteiger partial charge in [0.1, 0.15) is 0 Å². The maximum absolute atomic E-state index is 12.4. The predicted molar refractivity (Wildman–Crippen MR) is 56.0 cm³/mol. The number of alkyl halides is 3. The van der Waals surface area contributed by atoms with Gasteiger partial charge in [0.2, 0.25) is 0 Å². The molecule has 0 amide bonds. The van der Waals surface area contributed by atoms with Crippen molar-refractivity contribution >= 4 is 0 Å². The van der Waals surface area contributed by atoms with E-state index in [1.165, 1.54) is 0 Å². The summed E-state index contributed by atoms with van der Waals surface area (Å²) in [6.45, 7) is 3.05. The molecule has 0 aromatic heterocycles. The number of benzene rings is 1. The van der Waals surface area contributed by atoms with Crippen LogP contribution in [-0.2, 0) is 6.18 Å². The van der Waals surface area contributed by atoms with Crippen molar-refractivity contribution in [3.8, 4) is 0 Å². The van der Waals surface area contributed by atoms with Gasteiger partial charge in [0.25, 0.3) is 0 Å². The summed E-state index contributed by atoms with van der Waals surface area (Å²) in [5.74, 6) is 0.483. The van der Waals surface area contributed by atoms with E-state index in [4.69, 9.17) is 0 Å². The minimum Gasteiger partial charge on any atom is -0.310 e. The second kappa shape index (κ2) is 4.09. The molecule has 1 aromatic carbocycles. The molecule has 88 valence electrons. The topological polar surface area (TPSA) is 12.0 Å². The normalized spacial score (nSPS) is 26.0. The third-order valence-corrected chi connectivity index (χ3v) is 3.13. The SMILES string of the molecule is C[C@H]1CCN[C@H]1c1ccc(C(F)(F)F)cc1. The van der Waals surface area contributed by atoms with E-state index < -0.39 is 11.7 Å². The lowest BCUT2D eigenvalue weighted by atomic mass is 9.95. The molecule has 0 radical (unpaired) electrons. The zero-order chi connectivity index (χ0) is 11.8. The zero-order valence-electron chi connectivity index (χ0n) is 9.01. The number of hydrogen-bond donors (Lipinski definition) is 1. The molecule has 1 aromatic rings. The van der Waals surface area contributed by atoms with Crippen molar-refractivity contribution in [1.82, 2.24) is 5.32 Å². The van der Waals surface area contributed by atoms with E-state index in [1.807, 2.05) is 0 Å². The van der Waals surface area contributed by atoms with Crippen LogP contribution in [-0.4, -0.2) is 6.54 Å². The molecule has 1 aliphatic heterocycles. The Morgan fingerprint density at radius 1 is 1.19 bits per heavy atom. The molecular formula is C12H14F3N. The summed E-state index contributed by atoms with van der Waals surface area (Å²) in [4.78, 5) is 0. The lowest BCUT2D eigenvalue weighted by molar-refractivity contribution is -0.137. The summed E-state index contributed by atoms with van der Waals surface area (Å²) in [7, 11) is 0. The molecule has 0 aliphatic carbocycles. The van der Waals surface area contributed by atoms with E-state index in [1.54, 1.807) is 12.1 Å². The molecule has 1 saturated heterocycles. The van der Waals surface area contributed by atoms with Crippen LogP contribution in [0.25, 0.3) is 0 Å². The van der Waals surface area contributed by atoms with Gasteiger partial charge < -0.3 is 5.32 Å². The highest BCUT2D eigenvalue weighted by molar-refractivity contribution is 5.27. The number of halogens is 3. The molecule has 0 spiro atoms. The van der Waals surface area contributed by atoms with Crippen LogP contribution in [0.5, 0.6) is 0 Å². The van der Waals surface area contributed by atoms with Crippen molar-refractivity contribution < 1.29 is 13.2 Å². The highest BCUT2D eigenvalue weighted by Crippen LogP contribution is 2.33. The Kier molecular flexibility index (Phi) is 2.93. The Morgan fingerprint density at radius 3 is 2.25 bits per heavy atom. The van der Waals surface area contributed by atoms with Crippen LogP contribution < -0.4 is 5.32 Å². The fourth-order valence-corrected chi connectivity index (χ4v) is 2.16. The van der Waals surface area contributed by atoms with E-state index in [0.717, 1.165) is 30.7 Å². The van der Waals surface area contributed by atoms with E-state index in [-0.39, 0.29) is 6.04 Å². The Hall–Kier alpha value is -1.03. The standard InChI is InChI=1S/C12H14F3N/c1-8-6-7-16-11(8)9-2-4-10(5-3-9)12(13,14)15/h2-5,8,11,16H,6-7H2,1H3/t8-,11+/m0/s1. The van der Waals surface area contributed by atoms with Crippen molar-refractivity contribution in [3.63, 3.8) is 0 Å². The Bertz CT molecular complexity index is 356. The maximum Gasteiger partial charge on any atom is 0.416 e. The molecule has 1 fully saturated rings. The van der Waals surface area contributed by atoms with Crippen molar-refractivity contribution in [2.45, 2.75) is 25.6 Å². The lowest BCUT2D eigenvalue weighted by Gasteiger charge is -2.16. The summed E-state index contributed by atoms with van der Waals surface area (Å²) >= 11 is 0. The van der Waals surface area contributed by atoms with E-state index in [2.05, 4.69) is 12.2 Å². The third kappa shape index (κ3) is 2.21. The second-order valence-corrected chi connectivity index (χ2v) is 4.32. The number of hydrogen-bond acceptors (Lipinski definition) is 1. The van der Waals surface area contributed by atoms with Gasteiger partial charge in [-0.25, -0.2) is 0 Å². The molecule has 0 unspecified atom stereocenters. The van der Waals surface area contributed by atoms with Crippen molar-refractivity contribution in [2.75, 3.05) is 6.54 Å². The Morgan fingerprint density at radius 2 is 1.81 bits per heavy atom. The van der Waals surface area contributed by atoms with Crippen LogP contribution in [0, 0.1) is 5.92 Å². The molecular weight excluding hydrogens is 215 g/mol. The first kappa shape index (κ1) is 11.5. The molecule has 2 atom stereocenters. The van der Waals surface area contributed by atoms with Gasteiger partial charge >= 0.3 is 6.18 Å². The van der Waals surface area contributed by atoms with Crippen LogP contribution >= 0.6 is 0 Å². The first-order chi connectivity index (χ1) is 7.48. The van der Waals surface area contributed by atoms with Gasteiger partial charge in [0.05, 0.1) is 5.56 Å². The Balaban J connectivity index is 2.19. The average Bonchev–Trinajstić information content (AvgIpc) is 2.63. The summed E-state index contributed by atoms with van der Waals surface area (Å²) in [5, 5.41) is 3.30. The van der Waals surface area contributed by atoms with Crippen LogP contribution in [0.4, 0.5) is 13.2 Å². The minimum absolute atomic E-state index is 0.197. The number of nitrogens with one attached hydrogen (secondary N) is 1. The molecule has 2 rings (SSSR count). The second-order valence-electron chi connectivity index (χ2n) is 4.32. The van der Waals surface area contributed by atoms with Crippen LogP contribution in [0.2, 0.25) is 0 Å². The third-order valence-electron chi connectivity index (χ3n) is 3.13. The van der Waals surface area contributed by atoms with E-state index >= 15 is 0 Å². The molecule has 4 heteroatoms. The van der Waals surface area contributed by atoms with Gasteiger partial charge in [-0.2, -0.15) is 13.2 Å². The van der Waals surface area contributed by atoms with Crippen LogP contribution in [0.15, 0.2) is 24.3 Å². The van der Waals surface area contributed by atoms with Crippen molar-refractivity contribution in [2.24, 2.45) is 5.92 Å². The van der Waals surface area contributed by atoms with Gasteiger partial charge in [0.15, 0.2) is 0 Å². The minimum atomic E-state index is -4.24. The van der Waals surface area contributed by atoms with Gasteiger partial charge in [-0.3, -0.25) is 0 Å². The van der Waals surface area contributed by atoms with E-state index in [9.17, 15) is 13.2 Å². The highest BCUT2D eigenvalue weighted by Gasteiger charge is 2.31. The summed E-state index contributed by atoms with van der Waals surface area (Å²) in [5.41, 5.74) is 0.361. The van der Waals surface area contributed by atoms with E-state index in [0.29, 0.717) is 5.92 Å². The fraction of sp³-hybridized carbons (Fsp3) is 0.500. The molecule has 0 bridgehead atoms. The number of rotatable bonds is 1. The van der Waals surface area contributed by atoms with Gasteiger partial charge in [-0.05, 0) is 36.6 Å². The largest absolute Gasteiger partial charge is 0.416 e. The summed E-state index contributed by atoms with van der Waals surface area (Å²) in [6.07, 6.45) is -3.17. The molecule has 1 N–H and O–H groups in total. The van der Waals surface area contributed by atoms with Crippen LogP contribution in [0.1, 0.15) is 30.5 Å². The molecule has 1 nitrogen and oxygen atoms in total. The summed E-state index contributed by atoms with van der Waals surface area (Å²) in [6, 6.07) is 5.65. The highest BCUT2D eigenvalue weighted by atomic mass is 19.4. The molecule has 16 heavy (non-hydrogen) atoms. The molecule has 1 aliphatic rings. The van der Waals surface area contributed by atoms with Crippen LogP contribution in [0.3, 0.4) is 0 Å². The van der Waals surface area contributed by atoms with Gasteiger partial charge in [-0.1, -0.05) is 19.1 Å². The molecule has 0 saturated carbocycles. The van der Waals surface area contributed by atoms with Gasteiger partial charge in [-0.15, -0.1) is 0 Å². The Labute approximate surface area is 92.7 Å². The fourth-order valence-electron chi connectivity index (χ4n) is 2.16. The van der Waals surface area contributed by atoms with Gasteiger partial charge in [0, 0.05) is 6.04 Å². The van der Waals surface area contributed by atoms with Crippen molar-refractivity contribution in [1.29, 1.82) is 0 Å². The first-order valence-electron chi connectivity index (χ1n) is 5.39. The molecule has 1 heterocycles. The first-order valence-corrected chi connectivity index (χ1v) is 5.39. The summed E-state index contributed by atoms with van der Waals surface area (Å²) < 4.78 is 37.1. The maximum atomic E-state index is 12.4. The zero-order valence-corrected chi connectivity index (χ0v) is 9.01. The smallest absolute Gasteiger partial charge is 0.310 e. The van der Waals surface area contributed by atoms with Crippen molar-refractivity contribution in [3.05, 3.63) is 35.4 Å².